The number of nitrogens with one attached hydrogen (secondary N) is 1. The molecule has 100 valence electrons. The normalized spacial score (nSPS) is 9.71. The summed E-state index contributed by atoms with van der Waals surface area (Å²) in [5, 5.41) is 3.37. The van der Waals surface area contributed by atoms with Crippen LogP contribution in [0.1, 0.15) is 20.3 Å². The van der Waals surface area contributed by atoms with E-state index in [4.69, 9.17) is 16.0 Å². The zero-order valence-electron chi connectivity index (χ0n) is 10.5. The molecule has 0 aromatic carbocycles. The van der Waals surface area contributed by atoms with E-state index in [1.54, 1.807) is 20.9 Å². The Labute approximate surface area is 107 Å². The molecule has 0 aliphatic rings. The summed E-state index contributed by atoms with van der Waals surface area (Å²) in [7, 11) is 1.74. The van der Waals surface area contributed by atoms with Gasteiger partial charge in [-0.15, -0.1) is 0 Å². The molecular weight excluding hydrogens is 242 g/mol. The minimum absolute atomic E-state index is 0.226. The van der Waals surface area contributed by atoms with E-state index in [1.807, 2.05) is 0 Å². The molecule has 3 N–H and O–H groups in total. The lowest BCUT2D eigenvalue weighted by Gasteiger charge is -2.21. The fourth-order valence-electron chi connectivity index (χ4n) is 0.823. The van der Waals surface area contributed by atoms with Crippen LogP contribution in [0.2, 0.25) is 0 Å². The second-order valence-corrected chi connectivity index (χ2v) is 4.18. The highest BCUT2D eigenvalue weighted by Crippen LogP contribution is 2.22. The average molecular weight is 263 g/mol. The topological polar surface area (TPSA) is 113 Å². The lowest BCUT2D eigenvalue weighted by molar-refractivity contribution is -0.153. The fourth-order valence-corrected chi connectivity index (χ4v) is 0.823. The first-order valence-electron chi connectivity index (χ1n) is 5.15. The Morgan fingerprint density at radius 3 is 2.59 bits per heavy atom. The highest BCUT2D eigenvalue weighted by atomic mass is 32.1. The SMILES string of the molecule is CC(C)(CCN=[N+]=[N-])C(=O)OCCN.CNS. The molecule has 0 fully saturated rings. The summed E-state index contributed by atoms with van der Waals surface area (Å²) < 4.78 is 7.33. The Bertz CT molecular complexity index is 254. The first-order chi connectivity index (χ1) is 7.96. The van der Waals surface area contributed by atoms with E-state index in [0.717, 1.165) is 0 Å². The summed E-state index contributed by atoms with van der Waals surface area (Å²) in [6.45, 7) is 4.33. The quantitative estimate of drug-likeness (QED) is 0.220. The van der Waals surface area contributed by atoms with Crippen molar-refractivity contribution in [1.29, 1.82) is 0 Å². The third-order valence-corrected chi connectivity index (χ3v) is 1.80. The maximum Gasteiger partial charge on any atom is 0.311 e. The molecule has 0 saturated heterocycles. The molecule has 0 bridgehead atoms. The van der Waals surface area contributed by atoms with Crippen molar-refractivity contribution in [3.8, 4) is 0 Å². The molecule has 0 aromatic rings. The Morgan fingerprint density at radius 1 is 1.65 bits per heavy atom. The second-order valence-electron chi connectivity index (χ2n) is 3.74. The Hall–Kier alpha value is -0.950. The molecule has 0 atom stereocenters. The molecule has 0 saturated carbocycles. The van der Waals surface area contributed by atoms with Crippen molar-refractivity contribution >= 4 is 18.8 Å². The number of rotatable bonds is 6. The number of azide groups is 1. The minimum Gasteiger partial charge on any atom is -0.464 e. The van der Waals surface area contributed by atoms with Crippen LogP contribution in [0.5, 0.6) is 0 Å². The van der Waals surface area contributed by atoms with Crippen LogP contribution in [0.4, 0.5) is 0 Å². The highest BCUT2D eigenvalue weighted by Gasteiger charge is 2.28. The number of esters is 1. The van der Waals surface area contributed by atoms with Gasteiger partial charge in [-0.05, 0) is 32.8 Å². The number of ether oxygens (including phenoxy) is 1. The van der Waals surface area contributed by atoms with Gasteiger partial charge < -0.3 is 10.5 Å². The molecular formula is C9H21N5O2S. The van der Waals surface area contributed by atoms with Gasteiger partial charge in [0.1, 0.15) is 6.61 Å². The number of nitrogens with two attached hydrogens (primary N) is 1. The number of carbonyl (C=O) groups is 1. The van der Waals surface area contributed by atoms with Gasteiger partial charge >= 0.3 is 5.97 Å². The van der Waals surface area contributed by atoms with Crippen molar-refractivity contribution in [2.45, 2.75) is 20.3 Å². The van der Waals surface area contributed by atoms with Crippen LogP contribution >= 0.6 is 12.8 Å². The van der Waals surface area contributed by atoms with Crippen LogP contribution in [-0.4, -0.2) is 32.7 Å². The van der Waals surface area contributed by atoms with Crippen molar-refractivity contribution in [2.24, 2.45) is 16.3 Å². The maximum atomic E-state index is 11.4. The Balaban J connectivity index is 0. The van der Waals surface area contributed by atoms with Crippen LogP contribution in [0.15, 0.2) is 5.11 Å². The summed E-state index contributed by atoms with van der Waals surface area (Å²) in [6.07, 6.45) is 0.473. The van der Waals surface area contributed by atoms with Gasteiger partial charge in [-0.25, -0.2) is 0 Å². The Morgan fingerprint density at radius 2 is 2.18 bits per heavy atom. The van der Waals surface area contributed by atoms with Gasteiger partial charge in [0.25, 0.3) is 0 Å². The molecule has 0 unspecified atom stereocenters. The van der Waals surface area contributed by atoms with E-state index >= 15 is 0 Å². The molecule has 0 rings (SSSR count). The van der Waals surface area contributed by atoms with Gasteiger partial charge in [0.2, 0.25) is 0 Å². The molecule has 0 amide bonds. The predicted molar refractivity (Wildman–Crippen MR) is 70.5 cm³/mol. The van der Waals surface area contributed by atoms with E-state index in [-0.39, 0.29) is 12.6 Å². The average Bonchev–Trinajstić information content (AvgIpc) is 2.27. The minimum atomic E-state index is -0.622. The lowest BCUT2D eigenvalue weighted by Crippen LogP contribution is -2.29. The van der Waals surface area contributed by atoms with Gasteiger partial charge in [-0.2, -0.15) is 0 Å². The van der Waals surface area contributed by atoms with Gasteiger partial charge in [0.05, 0.1) is 5.41 Å². The van der Waals surface area contributed by atoms with Crippen LogP contribution in [0.25, 0.3) is 10.4 Å². The van der Waals surface area contributed by atoms with E-state index in [9.17, 15) is 4.79 Å². The van der Waals surface area contributed by atoms with Crippen molar-refractivity contribution in [3.05, 3.63) is 10.4 Å². The number of thiol groups is 1. The summed E-state index contributed by atoms with van der Waals surface area (Å²) in [6, 6.07) is 0. The monoisotopic (exact) mass is 263 g/mol. The third kappa shape index (κ3) is 11.3. The second kappa shape index (κ2) is 11.5. The fraction of sp³-hybridized carbons (Fsp3) is 0.889. The van der Waals surface area contributed by atoms with Crippen LogP contribution in [0.3, 0.4) is 0 Å². The summed E-state index contributed by atoms with van der Waals surface area (Å²) in [5.74, 6) is -0.309. The summed E-state index contributed by atoms with van der Waals surface area (Å²) in [4.78, 5) is 14.0. The molecule has 0 aliphatic carbocycles. The third-order valence-electron chi connectivity index (χ3n) is 1.80. The van der Waals surface area contributed by atoms with E-state index < -0.39 is 5.41 Å². The van der Waals surface area contributed by atoms with Crippen LogP contribution < -0.4 is 10.5 Å². The highest BCUT2D eigenvalue weighted by molar-refractivity contribution is 7.78. The largest absolute Gasteiger partial charge is 0.464 e. The molecule has 17 heavy (non-hydrogen) atoms. The standard InChI is InChI=1S/C8H16N4O2.CH5NS/c1-8(2,3-5-11-12-10)7(13)14-6-4-9;1-2-3/h3-6,9H2,1-2H3;2-3H,1H3. The van der Waals surface area contributed by atoms with Crippen molar-refractivity contribution < 1.29 is 9.53 Å². The van der Waals surface area contributed by atoms with Crippen molar-refractivity contribution in [1.82, 2.24) is 4.72 Å². The van der Waals surface area contributed by atoms with Crippen molar-refractivity contribution in [2.75, 3.05) is 26.7 Å². The van der Waals surface area contributed by atoms with Gasteiger partial charge in [0.15, 0.2) is 0 Å². The molecule has 0 radical (unpaired) electrons. The molecule has 7 nitrogen and oxygen atoms in total. The van der Waals surface area contributed by atoms with Crippen LogP contribution in [-0.2, 0) is 9.53 Å². The lowest BCUT2D eigenvalue weighted by atomic mass is 9.90. The molecule has 8 heteroatoms. The molecule has 0 spiro atoms. The van der Waals surface area contributed by atoms with Crippen LogP contribution in [0, 0.1) is 5.41 Å². The number of hydrogen-bond donors (Lipinski definition) is 3. The zero-order valence-corrected chi connectivity index (χ0v) is 11.4. The number of nitrogens with zero attached hydrogens (tertiary/aromatic N) is 3. The van der Waals surface area contributed by atoms with Crippen molar-refractivity contribution in [3.63, 3.8) is 0 Å². The number of hydrogen-bond acceptors (Lipinski definition) is 6. The molecule has 0 aromatic heterocycles. The van der Waals surface area contributed by atoms with Gasteiger partial charge in [-0.1, -0.05) is 17.9 Å². The molecule has 0 aliphatic heterocycles. The summed E-state index contributed by atoms with van der Waals surface area (Å²) in [5.41, 5.74) is 12.6. The predicted octanol–water partition coefficient (Wildman–Crippen LogP) is 1.27. The smallest absolute Gasteiger partial charge is 0.311 e. The summed E-state index contributed by atoms with van der Waals surface area (Å²) >= 11 is 3.54. The number of carbonyl (C=O) groups excluding carboxylic acids is 1. The Kier molecular flexibility index (Phi) is 12.5. The maximum absolute atomic E-state index is 11.4. The van der Waals surface area contributed by atoms with Gasteiger partial charge in [-0.3, -0.25) is 9.52 Å². The van der Waals surface area contributed by atoms with E-state index in [1.165, 1.54) is 0 Å². The first kappa shape index (κ1) is 18.4. The van der Waals surface area contributed by atoms with E-state index in [0.29, 0.717) is 19.5 Å². The molecule has 0 heterocycles. The van der Waals surface area contributed by atoms with E-state index in [2.05, 4.69) is 27.6 Å². The van der Waals surface area contributed by atoms with Gasteiger partial charge in [0, 0.05) is 18.0 Å². The first-order valence-corrected chi connectivity index (χ1v) is 5.60. The zero-order chi connectivity index (χ0) is 13.7.